The molecule has 0 radical (unpaired) electrons. The number of anilines is 1. The summed E-state index contributed by atoms with van der Waals surface area (Å²) < 4.78 is 28.1. The Labute approximate surface area is 354 Å². The van der Waals surface area contributed by atoms with E-state index >= 15 is 0 Å². The second-order valence-corrected chi connectivity index (χ2v) is 17.0. The predicted octanol–water partition coefficient (Wildman–Crippen LogP) is 6.17. The molecule has 0 spiro atoms. The number of allylic oxidation sites excluding steroid dienone is 3. The summed E-state index contributed by atoms with van der Waals surface area (Å²) in [6, 6.07) is -0.445. The molecule has 1 saturated heterocycles. The number of β-lactam (4-membered cyclic amide) rings is 1. The lowest BCUT2D eigenvalue weighted by molar-refractivity contribution is -0.179. The molecule has 1 aliphatic heterocycles. The van der Waals surface area contributed by atoms with Crippen LogP contribution in [0, 0.1) is 0 Å². The smallest absolute Gasteiger partial charge is 0.413 e. The van der Waals surface area contributed by atoms with Crippen LogP contribution >= 0.6 is 11.3 Å². The van der Waals surface area contributed by atoms with Crippen molar-refractivity contribution in [3.05, 3.63) is 58.8 Å². The molecule has 2 atom stereocenters. The molecule has 4 amide bonds. The second kappa shape index (κ2) is 21.5. The summed E-state index contributed by atoms with van der Waals surface area (Å²) in [6.07, 6.45) is 6.33. The van der Waals surface area contributed by atoms with E-state index in [1.165, 1.54) is 25.3 Å². The number of unbranched alkanes of at least 4 members (excludes halogenated alkanes) is 2. The molecular formula is C41H59N7O11S. The summed E-state index contributed by atoms with van der Waals surface area (Å²) in [5, 5.41) is 19.8. The maximum atomic E-state index is 13.8. The molecule has 2 aromatic rings. The van der Waals surface area contributed by atoms with Crippen molar-refractivity contribution >= 4 is 57.5 Å². The van der Waals surface area contributed by atoms with E-state index in [2.05, 4.69) is 57.0 Å². The van der Waals surface area contributed by atoms with Gasteiger partial charge in [0.15, 0.2) is 33.8 Å². The quantitative estimate of drug-likeness (QED) is 0.0210. The molecule has 3 heterocycles. The van der Waals surface area contributed by atoms with E-state index < -0.39 is 64.4 Å². The summed E-state index contributed by atoms with van der Waals surface area (Å²) in [5.41, 5.74) is -3.39. The third-order valence-electron chi connectivity index (χ3n) is 7.99. The number of aromatic nitrogens is 2. The highest BCUT2D eigenvalue weighted by Crippen LogP contribution is 2.24. The van der Waals surface area contributed by atoms with Crippen LogP contribution in [0.5, 0.6) is 0 Å². The maximum Gasteiger partial charge on any atom is 0.413 e. The zero-order chi connectivity index (χ0) is 44.8. The fourth-order valence-electron chi connectivity index (χ4n) is 4.81. The Hall–Kier alpha value is -5.72. The van der Waals surface area contributed by atoms with Gasteiger partial charge in [-0.2, -0.15) is 0 Å². The molecule has 0 aliphatic carbocycles. The van der Waals surface area contributed by atoms with E-state index in [0.717, 1.165) is 37.0 Å². The fraction of sp³-hybridized carbons (Fsp3) is 0.561. The standard InChI is InChI=1S/C41H59N7O11S/c1-13-16-18-54-28(15-3)30(55-19-17-14-2)20-24(4)29-21-25(47-58-29)33(49)42-22-26-31(34(50)43-26)45-35(51)32(48-59-41(11,12)36(52)56-39(5,6)7)27-23-60-37(44-27)46-38(53)57-40(8,9)10/h15,20-21,23,26,31H,4,13-14,16-19,22H2,1-3,5-12H3,(H,42,49)(H,43,50)(H,45,51)(H,44,46,53)/b28-15+,30-20+,48-32-/t26-,31+/m1/s1. The lowest BCUT2D eigenvalue weighted by atomic mass is 9.98. The summed E-state index contributed by atoms with van der Waals surface area (Å²) in [5.74, 6) is -1.55. The number of hydrogen-bond donors (Lipinski definition) is 4. The van der Waals surface area contributed by atoms with E-state index in [1.807, 2.05) is 13.0 Å². The average molecular weight is 858 g/mol. The second-order valence-electron chi connectivity index (χ2n) is 16.2. The van der Waals surface area contributed by atoms with Crippen molar-refractivity contribution in [2.45, 2.75) is 131 Å². The zero-order valence-corrected chi connectivity index (χ0v) is 37.2. The molecule has 4 N–H and O–H groups in total. The van der Waals surface area contributed by atoms with Gasteiger partial charge in [0, 0.05) is 23.6 Å². The van der Waals surface area contributed by atoms with Gasteiger partial charge < -0.3 is 44.3 Å². The van der Waals surface area contributed by atoms with Crippen molar-refractivity contribution in [3.63, 3.8) is 0 Å². The van der Waals surface area contributed by atoms with Crippen LogP contribution in [0.3, 0.4) is 0 Å². The van der Waals surface area contributed by atoms with E-state index in [0.29, 0.717) is 30.3 Å². The van der Waals surface area contributed by atoms with Crippen LogP contribution in [-0.2, 0) is 38.2 Å². The molecule has 0 unspecified atom stereocenters. The first-order chi connectivity index (χ1) is 28.1. The van der Waals surface area contributed by atoms with Crippen molar-refractivity contribution in [3.8, 4) is 0 Å². The molecular weight excluding hydrogens is 799 g/mol. The number of esters is 1. The lowest BCUT2D eigenvalue weighted by Crippen LogP contribution is -2.72. The van der Waals surface area contributed by atoms with Gasteiger partial charge in [0.05, 0.1) is 19.3 Å². The number of carbonyl (C=O) groups is 5. The first-order valence-corrected chi connectivity index (χ1v) is 20.6. The van der Waals surface area contributed by atoms with Crippen LogP contribution in [0.1, 0.15) is 124 Å². The van der Waals surface area contributed by atoms with Gasteiger partial charge in [0.25, 0.3) is 11.8 Å². The fourth-order valence-corrected chi connectivity index (χ4v) is 5.49. The van der Waals surface area contributed by atoms with Gasteiger partial charge in [-0.15, -0.1) is 11.3 Å². The number of carbonyl (C=O) groups excluding carboxylic acids is 5. The Morgan fingerprint density at radius 1 is 0.967 bits per heavy atom. The molecule has 19 heteroatoms. The van der Waals surface area contributed by atoms with E-state index in [9.17, 15) is 24.0 Å². The van der Waals surface area contributed by atoms with Crippen LogP contribution < -0.4 is 21.3 Å². The number of ether oxygens (including phenoxy) is 4. The van der Waals surface area contributed by atoms with Crippen molar-refractivity contribution < 1.29 is 52.3 Å². The van der Waals surface area contributed by atoms with E-state index in [1.54, 1.807) is 47.6 Å². The number of amides is 4. The Kier molecular flexibility index (Phi) is 17.4. The Morgan fingerprint density at radius 2 is 1.60 bits per heavy atom. The largest absolute Gasteiger partial charge is 0.490 e. The molecule has 1 aliphatic rings. The van der Waals surface area contributed by atoms with Crippen molar-refractivity contribution in [1.29, 1.82) is 0 Å². The van der Waals surface area contributed by atoms with Crippen LogP contribution in [0.2, 0.25) is 0 Å². The van der Waals surface area contributed by atoms with E-state index in [-0.39, 0.29) is 28.8 Å². The Morgan fingerprint density at radius 3 is 2.18 bits per heavy atom. The molecule has 2 aromatic heterocycles. The summed E-state index contributed by atoms with van der Waals surface area (Å²) in [7, 11) is 0. The normalized spacial score (nSPS) is 16.2. The third kappa shape index (κ3) is 15.1. The van der Waals surface area contributed by atoms with Gasteiger partial charge in [0.1, 0.15) is 22.9 Å². The summed E-state index contributed by atoms with van der Waals surface area (Å²) in [4.78, 5) is 74.7. The monoisotopic (exact) mass is 857 g/mol. The molecule has 0 saturated carbocycles. The minimum atomic E-state index is -1.65. The highest BCUT2D eigenvalue weighted by molar-refractivity contribution is 7.14. The molecule has 330 valence electrons. The minimum Gasteiger partial charge on any atom is -0.490 e. The molecule has 1 fully saturated rings. The van der Waals surface area contributed by atoms with Crippen molar-refractivity contribution in [2.24, 2.45) is 5.16 Å². The van der Waals surface area contributed by atoms with E-state index in [4.69, 9.17) is 28.3 Å². The van der Waals surface area contributed by atoms with Gasteiger partial charge in [-0.25, -0.2) is 14.6 Å². The number of nitrogens with one attached hydrogen (secondary N) is 4. The molecule has 18 nitrogen and oxygen atoms in total. The Bertz CT molecular complexity index is 1950. The first-order valence-electron chi connectivity index (χ1n) is 19.7. The maximum absolute atomic E-state index is 13.8. The number of nitrogens with zero attached hydrogens (tertiary/aromatic N) is 3. The zero-order valence-electron chi connectivity index (χ0n) is 36.4. The van der Waals surface area contributed by atoms with Gasteiger partial charge in [-0.1, -0.05) is 43.6 Å². The lowest BCUT2D eigenvalue weighted by Gasteiger charge is -2.37. The van der Waals surface area contributed by atoms with Crippen LogP contribution in [0.15, 0.2) is 51.4 Å². The van der Waals surface area contributed by atoms with Crippen LogP contribution in [0.4, 0.5) is 9.93 Å². The average Bonchev–Trinajstić information content (AvgIpc) is 3.83. The highest BCUT2D eigenvalue weighted by atomic mass is 32.1. The third-order valence-corrected chi connectivity index (χ3v) is 8.75. The molecule has 0 aromatic carbocycles. The SMILES string of the molecule is C=C(/C=C(OCCCC)\C(=C/C)OCCCC)c1cc(C(=O)NC[C@H]2NC(=O)[C@H]2NC(=O)/C(=N\OC(C)(C)C(=O)OC(C)(C)C)c2csc(NC(=O)OC(C)(C)C)n2)no1. The van der Waals surface area contributed by atoms with Crippen LogP contribution in [0.25, 0.3) is 5.57 Å². The highest BCUT2D eigenvalue weighted by Gasteiger charge is 2.42. The predicted molar refractivity (Wildman–Crippen MR) is 225 cm³/mol. The minimum absolute atomic E-state index is 0.0444. The van der Waals surface area contributed by atoms with Gasteiger partial charge in [0.2, 0.25) is 11.5 Å². The van der Waals surface area contributed by atoms with Gasteiger partial charge in [-0.05, 0) is 87.3 Å². The number of hydrogen-bond acceptors (Lipinski definition) is 15. The summed E-state index contributed by atoms with van der Waals surface area (Å²) in [6.45, 7) is 23.9. The van der Waals surface area contributed by atoms with Crippen LogP contribution in [-0.4, -0.2) is 94.3 Å². The first kappa shape index (κ1) is 48.6. The topological polar surface area (TPSA) is 231 Å². The molecule has 0 bridgehead atoms. The van der Waals surface area contributed by atoms with Crippen molar-refractivity contribution in [2.75, 3.05) is 25.1 Å². The molecule has 3 rings (SSSR count). The van der Waals surface area contributed by atoms with Crippen molar-refractivity contribution in [1.82, 2.24) is 26.1 Å². The number of thiazole rings is 1. The molecule has 60 heavy (non-hydrogen) atoms. The van der Waals surface area contributed by atoms with Gasteiger partial charge in [-0.3, -0.25) is 19.7 Å². The van der Waals surface area contributed by atoms with Gasteiger partial charge >= 0.3 is 12.1 Å². The number of rotatable bonds is 21. The number of oxime groups is 1. The Balaban J connectivity index is 1.75. The summed E-state index contributed by atoms with van der Waals surface area (Å²) >= 11 is 0.967.